The number of aromatic nitrogens is 2. The minimum absolute atomic E-state index is 0.0802. The van der Waals surface area contributed by atoms with Crippen molar-refractivity contribution in [3.05, 3.63) is 46.1 Å². The first-order valence-corrected chi connectivity index (χ1v) is 12.2. The van der Waals surface area contributed by atoms with Crippen LogP contribution in [0.4, 0.5) is 9.80 Å². The third kappa shape index (κ3) is 4.77. The molecule has 2 N–H and O–H groups in total. The topological polar surface area (TPSA) is 114 Å². The number of hydrogen-bond donors (Lipinski definition) is 2. The molecule has 1 atom stereocenters. The Labute approximate surface area is 201 Å². The predicted octanol–water partition coefficient (Wildman–Crippen LogP) is 4.70. The molecule has 1 aliphatic heterocycles. The Morgan fingerprint density at radius 3 is 2.65 bits per heavy atom. The lowest BCUT2D eigenvalue weighted by Crippen LogP contribution is -2.41. The smallest absolute Gasteiger partial charge is 0.348 e. The number of esters is 2. The van der Waals surface area contributed by atoms with Gasteiger partial charge in [0.2, 0.25) is 0 Å². The van der Waals surface area contributed by atoms with Gasteiger partial charge in [-0.3, -0.25) is 5.32 Å². The molecular weight excluding hydrogens is 456 g/mol. The molecule has 0 aliphatic carbocycles. The zero-order chi connectivity index (χ0) is 24.2. The molecule has 3 aromatic rings. The van der Waals surface area contributed by atoms with Gasteiger partial charge in [0.1, 0.15) is 15.7 Å². The number of hydrogen-bond acceptors (Lipinski definition) is 7. The van der Waals surface area contributed by atoms with Crippen molar-refractivity contribution in [2.45, 2.75) is 39.5 Å². The van der Waals surface area contributed by atoms with Crippen molar-refractivity contribution < 1.29 is 23.9 Å². The van der Waals surface area contributed by atoms with Crippen LogP contribution < -0.4 is 5.32 Å². The van der Waals surface area contributed by atoms with E-state index in [9.17, 15) is 14.4 Å². The van der Waals surface area contributed by atoms with E-state index in [1.165, 1.54) is 0 Å². The van der Waals surface area contributed by atoms with Gasteiger partial charge in [0, 0.05) is 19.0 Å². The Kier molecular flexibility index (Phi) is 7.16. The number of amides is 2. The molecule has 1 fully saturated rings. The molecule has 0 bridgehead atoms. The number of urea groups is 1. The Hall–Kier alpha value is -3.40. The van der Waals surface area contributed by atoms with Gasteiger partial charge >= 0.3 is 18.0 Å². The van der Waals surface area contributed by atoms with Gasteiger partial charge in [0.15, 0.2) is 0 Å². The molecule has 1 unspecified atom stereocenters. The number of nitrogens with one attached hydrogen (secondary N) is 2. The van der Waals surface area contributed by atoms with E-state index in [1.54, 1.807) is 25.7 Å². The van der Waals surface area contributed by atoms with E-state index >= 15 is 0 Å². The normalized spacial score (nSPS) is 15.9. The number of H-pyrrole nitrogens is 1. The van der Waals surface area contributed by atoms with E-state index in [0.29, 0.717) is 18.7 Å². The number of thiophene rings is 1. The van der Waals surface area contributed by atoms with Crippen LogP contribution in [-0.4, -0.2) is 59.1 Å². The summed E-state index contributed by atoms with van der Waals surface area (Å²) in [6, 6.07) is 7.51. The average Bonchev–Trinajstić information content (AvgIpc) is 3.40. The van der Waals surface area contributed by atoms with Crippen molar-refractivity contribution in [3.63, 3.8) is 0 Å². The second-order valence-corrected chi connectivity index (χ2v) is 9.08. The molecule has 34 heavy (non-hydrogen) atoms. The number of aromatic amines is 1. The lowest BCUT2D eigenvalue weighted by molar-refractivity contribution is 0.0527. The second kappa shape index (κ2) is 10.3. The predicted molar refractivity (Wildman–Crippen MR) is 130 cm³/mol. The van der Waals surface area contributed by atoms with Crippen molar-refractivity contribution >= 4 is 45.3 Å². The lowest BCUT2D eigenvalue weighted by atomic mass is 9.97. The maximum atomic E-state index is 13.2. The number of carbonyl (C=O) groups excluding carboxylic acids is 3. The summed E-state index contributed by atoms with van der Waals surface area (Å²) in [5.74, 6) is -0.168. The van der Waals surface area contributed by atoms with Crippen LogP contribution in [0.3, 0.4) is 0 Å². The lowest BCUT2D eigenvalue weighted by Gasteiger charge is -2.31. The Morgan fingerprint density at radius 1 is 1.18 bits per heavy atom. The van der Waals surface area contributed by atoms with Gasteiger partial charge in [-0.05, 0) is 51.3 Å². The monoisotopic (exact) mass is 484 g/mol. The number of likely N-dealkylation sites (tertiary alicyclic amines) is 1. The summed E-state index contributed by atoms with van der Waals surface area (Å²) in [5, 5.41) is 3.13. The summed E-state index contributed by atoms with van der Waals surface area (Å²) in [6.45, 7) is 6.55. The fourth-order valence-electron chi connectivity index (χ4n) is 4.17. The van der Waals surface area contributed by atoms with Crippen LogP contribution in [-0.2, 0) is 9.47 Å². The fraction of sp³-hybridized carbons (Fsp3) is 0.417. The third-order valence-corrected chi connectivity index (χ3v) is 7.00. The summed E-state index contributed by atoms with van der Waals surface area (Å²) in [4.78, 5) is 48.2. The largest absolute Gasteiger partial charge is 0.462 e. The molecule has 2 aromatic heterocycles. The van der Waals surface area contributed by atoms with Gasteiger partial charge in [-0.1, -0.05) is 12.1 Å². The summed E-state index contributed by atoms with van der Waals surface area (Å²) < 4.78 is 10.3. The summed E-state index contributed by atoms with van der Waals surface area (Å²) >= 11 is 1.03. The number of ether oxygens (including phenoxy) is 2. The molecule has 1 saturated heterocycles. The number of nitrogens with zero attached hydrogens (tertiary/aromatic N) is 2. The molecule has 0 saturated carbocycles. The first-order valence-electron chi connectivity index (χ1n) is 11.4. The van der Waals surface area contributed by atoms with Crippen LogP contribution in [0.1, 0.15) is 64.0 Å². The molecule has 2 amide bonds. The quantitative estimate of drug-likeness (QED) is 0.491. The number of carbonyl (C=O) groups is 3. The highest BCUT2D eigenvalue weighted by Crippen LogP contribution is 2.35. The van der Waals surface area contributed by atoms with Gasteiger partial charge in [-0.25, -0.2) is 19.4 Å². The van der Waals surface area contributed by atoms with Crippen LogP contribution >= 0.6 is 11.3 Å². The maximum absolute atomic E-state index is 13.2. The van der Waals surface area contributed by atoms with Crippen LogP contribution in [0.2, 0.25) is 0 Å². The fourth-order valence-corrected chi connectivity index (χ4v) is 5.25. The van der Waals surface area contributed by atoms with Gasteiger partial charge in [0.05, 0.1) is 29.8 Å². The van der Waals surface area contributed by atoms with E-state index in [2.05, 4.69) is 10.3 Å². The average molecular weight is 485 g/mol. The van der Waals surface area contributed by atoms with Crippen molar-refractivity contribution in [3.8, 4) is 0 Å². The van der Waals surface area contributed by atoms with Gasteiger partial charge < -0.3 is 19.4 Å². The molecule has 9 nitrogen and oxygen atoms in total. The zero-order valence-corrected chi connectivity index (χ0v) is 20.3. The zero-order valence-electron chi connectivity index (χ0n) is 19.5. The Morgan fingerprint density at radius 2 is 1.91 bits per heavy atom. The number of para-hydroxylation sites is 2. The number of imidazole rings is 1. The van der Waals surface area contributed by atoms with Crippen LogP contribution in [0, 0.1) is 6.92 Å². The van der Waals surface area contributed by atoms with Crippen molar-refractivity contribution in [1.82, 2.24) is 14.9 Å². The number of fused-ring (bicyclic) bond motifs is 1. The highest BCUT2D eigenvalue weighted by atomic mass is 32.1. The minimum Gasteiger partial charge on any atom is -0.462 e. The van der Waals surface area contributed by atoms with E-state index in [0.717, 1.165) is 41.0 Å². The Balaban J connectivity index is 1.54. The summed E-state index contributed by atoms with van der Waals surface area (Å²) in [7, 11) is 0. The molecule has 0 radical (unpaired) electrons. The molecule has 4 rings (SSSR count). The first kappa shape index (κ1) is 23.7. The van der Waals surface area contributed by atoms with E-state index < -0.39 is 11.9 Å². The van der Waals surface area contributed by atoms with Gasteiger partial charge in [0.25, 0.3) is 0 Å². The number of anilines is 1. The molecular formula is C24H28N4O5S. The summed E-state index contributed by atoms with van der Waals surface area (Å²) in [5.41, 5.74) is 2.50. The highest BCUT2D eigenvalue weighted by Gasteiger charge is 2.31. The number of benzene rings is 1. The van der Waals surface area contributed by atoms with Crippen LogP contribution in [0.25, 0.3) is 11.0 Å². The molecule has 10 heteroatoms. The Bertz CT molecular complexity index is 1180. The molecule has 1 aromatic carbocycles. The summed E-state index contributed by atoms with van der Waals surface area (Å²) in [6.07, 6.45) is 1.75. The van der Waals surface area contributed by atoms with Crippen molar-refractivity contribution in [2.75, 3.05) is 31.6 Å². The number of piperidine rings is 1. The van der Waals surface area contributed by atoms with E-state index in [4.69, 9.17) is 14.5 Å². The van der Waals surface area contributed by atoms with Crippen LogP contribution in [0.15, 0.2) is 24.3 Å². The standard InChI is InChI=1S/C24H28N4O5S/c1-4-32-22(29)18-14(3)19(23(30)33-5-2)34-21(18)27-24(31)28-12-8-9-15(13-28)20-25-16-10-6-7-11-17(16)26-20/h6-7,10-11,15H,4-5,8-9,12-13H2,1-3H3,(H,25,26)(H,27,31). The molecule has 0 spiro atoms. The van der Waals surface area contributed by atoms with Crippen LogP contribution in [0.5, 0.6) is 0 Å². The molecule has 1 aliphatic rings. The molecule has 3 heterocycles. The van der Waals surface area contributed by atoms with E-state index in [1.807, 2.05) is 24.3 Å². The van der Waals surface area contributed by atoms with Crippen molar-refractivity contribution in [1.29, 1.82) is 0 Å². The maximum Gasteiger partial charge on any atom is 0.348 e. The van der Waals surface area contributed by atoms with Gasteiger partial charge in [-0.15, -0.1) is 11.3 Å². The minimum atomic E-state index is -0.583. The second-order valence-electron chi connectivity index (χ2n) is 8.06. The van der Waals surface area contributed by atoms with Crippen molar-refractivity contribution in [2.24, 2.45) is 0 Å². The third-order valence-electron chi connectivity index (χ3n) is 5.81. The first-order chi connectivity index (χ1) is 16.4. The highest BCUT2D eigenvalue weighted by molar-refractivity contribution is 7.18. The van der Waals surface area contributed by atoms with Gasteiger partial charge in [-0.2, -0.15) is 0 Å². The SMILES string of the molecule is CCOC(=O)c1sc(NC(=O)N2CCCC(c3nc4ccccc4[nH]3)C2)c(C(=O)OCC)c1C. The van der Waals surface area contributed by atoms with E-state index in [-0.39, 0.29) is 40.6 Å². The number of rotatable bonds is 6. The molecule has 180 valence electrons.